The lowest BCUT2D eigenvalue weighted by Crippen LogP contribution is -2.19. The quantitative estimate of drug-likeness (QED) is 0.753. The lowest BCUT2D eigenvalue weighted by Gasteiger charge is -2.18. The van der Waals surface area contributed by atoms with Gasteiger partial charge in [-0.25, -0.2) is 4.99 Å². The van der Waals surface area contributed by atoms with Gasteiger partial charge in [-0.1, -0.05) is 57.0 Å². The molecule has 0 radical (unpaired) electrons. The number of hydrogen-bond acceptors (Lipinski definition) is 3. The van der Waals surface area contributed by atoms with Gasteiger partial charge in [-0.15, -0.1) is 0 Å². The van der Waals surface area contributed by atoms with Crippen LogP contribution in [0.25, 0.3) is 0 Å². The molecular formula is C17H25NO2. The highest BCUT2D eigenvalue weighted by Gasteiger charge is 2.33. The van der Waals surface area contributed by atoms with Crippen LogP contribution in [0.15, 0.2) is 35.3 Å². The lowest BCUT2D eigenvalue weighted by atomic mass is 10.0. The predicted octanol–water partition coefficient (Wildman–Crippen LogP) is 4.00. The van der Waals surface area contributed by atoms with E-state index >= 15 is 0 Å². The smallest absolute Gasteiger partial charge is 0.187 e. The van der Waals surface area contributed by atoms with Crippen molar-refractivity contribution in [3.8, 4) is 0 Å². The summed E-state index contributed by atoms with van der Waals surface area (Å²) in [5.74, 6) is 1.29. The maximum atomic E-state index is 6.14. The van der Waals surface area contributed by atoms with E-state index in [1.165, 1.54) is 18.4 Å². The molecule has 1 heterocycles. The van der Waals surface area contributed by atoms with Gasteiger partial charge in [0.15, 0.2) is 5.90 Å². The van der Waals surface area contributed by atoms with Crippen LogP contribution in [0.1, 0.15) is 44.8 Å². The topological polar surface area (TPSA) is 30.8 Å². The molecular weight excluding hydrogens is 250 g/mol. The maximum absolute atomic E-state index is 6.14. The third kappa shape index (κ3) is 3.60. The van der Waals surface area contributed by atoms with Crippen LogP contribution in [0.4, 0.5) is 0 Å². The van der Waals surface area contributed by atoms with Crippen LogP contribution in [0.2, 0.25) is 0 Å². The van der Waals surface area contributed by atoms with Crippen molar-refractivity contribution in [2.24, 2.45) is 10.9 Å². The van der Waals surface area contributed by atoms with Crippen LogP contribution < -0.4 is 0 Å². The number of hydrogen-bond donors (Lipinski definition) is 0. The minimum Gasteiger partial charge on any atom is -0.470 e. The molecule has 0 bridgehead atoms. The molecule has 0 spiro atoms. The van der Waals surface area contributed by atoms with E-state index in [9.17, 15) is 0 Å². The molecule has 0 fully saturated rings. The third-order valence-electron chi connectivity index (χ3n) is 3.77. The first kappa shape index (κ1) is 15.0. The van der Waals surface area contributed by atoms with Crippen LogP contribution in [-0.2, 0) is 9.47 Å². The van der Waals surface area contributed by atoms with E-state index in [0.717, 1.165) is 12.3 Å². The van der Waals surface area contributed by atoms with Gasteiger partial charge in [0, 0.05) is 13.0 Å². The van der Waals surface area contributed by atoms with Crippen LogP contribution in [0.3, 0.4) is 0 Å². The van der Waals surface area contributed by atoms with Crippen LogP contribution in [0, 0.1) is 5.92 Å². The van der Waals surface area contributed by atoms with E-state index in [-0.39, 0.29) is 12.1 Å². The molecule has 0 amide bonds. The average Bonchev–Trinajstić information content (AvgIpc) is 2.90. The van der Waals surface area contributed by atoms with Gasteiger partial charge in [0.25, 0.3) is 0 Å². The molecule has 3 heteroatoms. The minimum absolute atomic E-state index is 0.00442. The van der Waals surface area contributed by atoms with Crippen LogP contribution >= 0.6 is 0 Å². The number of unbranched alkanes of at least 4 members (excludes halogenated alkanes) is 1. The molecule has 3 nitrogen and oxygen atoms in total. The minimum atomic E-state index is -0.00442. The van der Waals surface area contributed by atoms with E-state index in [1.807, 2.05) is 18.2 Å². The van der Waals surface area contributed by atoms with Gasteiger partial charge in [0.1, 0.15) is 12.1 Å². The Morgan fingerprint density at radius 3 is 2.70 bits per heavy atom. The standard InChI is InChI=1S/C17H25NO2/c1-4-5-9-13(2)17-18-15(12-19-3)16(20-17)14-10-7-6-8-11-14/h6-8,10-11,13,15-16H,4-5,9,12H2,1-3H3/t13-,15-,16-/m0/s1. The molecule has 0 saturated carbocycles. The Kier molecular flexibility index (Phi) is 5.60. The van der Waals surface area contributed by atoms with E-state index in [1.54, 1.807) is 7.11 Å². The number of methoxy groups -OCH3 is 1. The molecule has 1 aliphatic rings. The highest BCUT2D eigenvalue weighted by atomic mass is 16.5. The summed E-state index contributed by atoms with van der Waals surface area (Å²) in [7, 11) is 1.72. The van der Waals surface area contributed by atoms with Gasteiger partial charge < -0.3 is 9.47 Å². The average molecular weight is 275 g/mol. The first-order valence-corrected chi connectivity index (χ1v) is 7.54. The second-order valence-electron chi connectivity index (χ2n) is 5.48. The normalized spacial score (nSPS) is 23.2. The van der Waals surface area contributed by atoms with Crippen molar-refractivity contribution in [2.75, 3.05) is 13.7 Å². The lowest BCUT2D eigenvalue weighted by molar-refractivity contribution is 0.117. The first-order valence-electron chi connectivity index (χ1n) is 7.54. The molecule has 2 rings (SSSR count). The van der Waals surface area contributed by atoms with Crippen molar-refractivity contribution in [1.29, 1.82) is 0 Å². The molecule has 0 N–H and O–H groups in total. The largest absolute Gasteiger partial charge is 0.470 e. The van der Waals surface area contributed by atoms with E-state index in [2.05, 4.69) is 26.0 Å². The zero-order valence-corrected chi connectivity index (χ0v) is 12.7. The summed E-state index contributed by atoms with van der Waals surface area (Å²) < 4.78 is 11.4. The summed E-state index contributed by atoms with van der Waals surface area (Å²) >= 11 is 0. The van der Waals surface area contributed by atoms with E-state index in [4.69, 9.17) is 14.5 Å². The molecule has 20 heavy (non-hydrogen) atoms. The van der Waals surface area contributed by atoms with Crippen molar-refractivity contribution in [3.05, 3.63) is 35.9 Å². The molecule has 0 unspecified atom stereocenters. The van der Waals surface area contributed by atoms with Gasteiger partial charge in [-0.3, -0.25) is 0 Å². The number of rotatable bonds is 7. The second kappa shape index (κ2) is 7.44. The van der Waals surface area contributed by atoms with E-state index in [0.29, 0.717) is 12.5 Å². The van der Waals surface area contributed by atoms with Gasteiger partial charge in [-0.2, -0.15) is 0 Å². The zero-order valence-electron chi connectivity index (χ0n) is 12.7. The van der Waals surface area contributed by atoms with Crippen molar-refractivity contribution in [2.45, 2.75) is 45.3 Å². The maximum Gasteiger partial charge on any atom is 0.187 e. The zero-order chi connectivity index (χ0) is 14.4. The summed E-state index contributed by atoms with van der Waals surface area (Å²) in [5.41, 5.74) is 1.18. The molecule has 1 aliphatic heterocycles. The molecule has 1 aromatic rings. The number of benzene rings is 1. The molecule has 0 aliphatic carbocycles. The third-order valence-corrected chi connectivity index (χ3v) is 3.77. The molecule has 110 valence electrons. The van der Waals surface area contributed by atoms with Crippen molar-refractivity contribution >= 4 is 5.90 Å². The predicted molar refractivity (Wildman–Crippen MR) is 82.1 cm³/mol. The summed E-state index contributed by atoms with van der Waals surface area (Å²) in [6, 6.07) is 10.4. The monoisotopic (exact) mass is 275 g/mol. The Labute approximate surface area is 122 Å². The van der Waals surface area contributed by atoms with Gasteiger partial charge in [0.2, 0.25) is 0 Å². The van der Waals surface area contributed by atoms with Gasteiger partial charge in [0.05, 0.1) is 6.61 Å². The van der Waals surface area contributed by atoms with E-state index < -0.39 is 0 Å². The molecule has 0 aromatic heterocycles. The summed E-state index contributed by atoms with van der Waals surface area (Å²) in [5, 5.41) is 0. The Morgan fingerprint density at radius 1 is 1.30 bits per heavy atom. The fourth-order valence-corrected chi connectivity index (χ4v) is 2.58. The Balaban J connectivity index is 2.08. The first-order chi connectivity index (χ1) is 9.76. The number of nitrogens with zero attached hydrogens (tertiary/aromatic N) is 1. The Bertz CT molecular complexity index is 430. The Morgan fingerprint density at radius 2 is 2.05 bits per heavy atom. The highest BCUT2D eigenvalue weighted by molar-refractivity contribution is 5.80. The molecule has 3 atom stereocenters. The van der Waals surface area contributed by atoms with Gasteiger partial charge in [-0.05, 0) is 12.0 Å². The SMILES string of the molecule is CCCC[C@H](C)C1=N[C@@H](COC)[C@H](c2ccccc2)O1. The van der Waals surface area contributed by atoms with Crippen molar-refractivity contribution < 1.29 is 9.47 Å². The van der Waals surface area contributed by atoms with Gasteiger partial charge >= 0.3 is 0 Å². The van der Waals surface area contributed by atoms with Crippen molar-refractivity contribution in [3.63, 3.8) is 0 Å². The fourth-order valence-electron chi connectivity index (χ4n) is 2.58. The van der Waals surface area contributed by atoms with Crippen LogP contribution in [-0.4, -0.2) is 25.7 Å². The second-order valence-corrected chi connectivity index (χ2v) is 5.48. The van der Waals surface area contributed by atoms with Crippen LogP contribution in [0.5, 0.6) is 0 Å². The Hall–Kier alpha value is -1.35. The summed E-state index contributed by atoms with van der Waals surface area (Å²) in [6.07, 6.45) is 3.56. The number of aliphatic imine (C=N–C) groups is 1. The fraction of sp³-hybridized carbons (Fsp3) is 0.588. The molecule has 1 aromatic carbocycles. The summed E-state index contributed by atoms with van der Waals surface area (Å²) in [4.78, 5) is 4.76. The molecule has 0 saturated heterocycles. The number of ether oxygens (including phenoxy) is 2. The highest BCUT2D eigenvalue weighted by Crippen LogP contribution is 2.32. The van der Waals surface area contributed by atoms with Crippen molar-refractivity contribution in [1.82, 2.24) is 0 Å². The summed E-state index contributed by atoms with van der Waals surface area (Å²) in [6.45, 7) is 5.01.